The van der Waals surface area contributed by atoms with Crippen LogP contribution in [0.4, 0.5) is 5.69 Å². The lowest BCUT2D eigenvalue weighted by Gasteiger charge is -2.08. The molecule has 0 aliphatic heterocycles. The first-order valence-corrected chi connectivity index (χ1v) is 12.0. The Bertz CT molecular complexity index is 1740. The van der Waals surface area contributed by atoms with Crippen molar-refractivity contribution >= 4 is 33.7 Å². The number of rotatable bonds is 6. The predicted molar refractivity (Wildman–Crippen MR) is 144 cm³/mol. The first-order chi connectivity index (χ1) is 18.0. The molecular formula is C28H24N8O. The number of pyridine rings is 3. The van der Waals surface area contributed by atoms with Crippen molar-refractivity contribution in [3.63, 3.8) is 0 Å². The molecule has 0 bridgehead atoms. The van der Waals surface area contributed by atoms with E-state index in [2.05, 4.69) is 35.5 Å². The molecule has 9 heteroatoms. The van der Waals surface area contributed by atoms with Crippen molar-refractivity contribution < 1.29 is 4.79 Å². The van der Waals surface area contributed by atoms with Gasteiger partial charge in [0.2, 0.25) is 5.91 Å². The summed E-state index contributed by atoms with van der Waals surface area (Å²) < 4.78 is 0. The van der Waals surface area contributed by atoms with Gasteiger partial charge in [-0.1, -0.05) is 32.0 Å². The second kappa shape index (κ2) is 9.27. The highest BCUT2D eigenvalue weighted by Gasteiger charge is 2.17. The Morgan fingerprint density at radius 3 is 2.73 bits per heavy atom. The van der Waals surface area contributed by atoms with E-state index in [0.717, 1.165) is 38.8 Å². The molecule has 6 aromatic rings. The monoisotopic (exact) mass is 488 g/mol. The summed E-state index contributed by atoms with van der Waals surface area (Å²) in [5.74, 6) is 0.881. The molecule has 37 heavy (non-hydrogen) atoms. The fourth-order valence-corrected chi connectivity index (χ4v) is 4.36. The maximum absolute atomic E-state index is 12.2. The van der Waals surface area contributed by atoms with Crippen LogP contribution in [0.1, 0.15) is 20.3 Å². The Hall–Kier alpha value is -4.92. The largest absolute Gasteiger partial charge is 0.337 e. The summed E-state index contributed by atoms with van der Waals surface area (Å²) in [6, 6.07) is 15.7. The first kappa shape index (κ1) is 22.5. The molecule has 0 unspecified atom stereocenters. The molecule has 0 aliphatic carbocycles. The van der Waals surface area contributed by atoms with Crippen LogP contribution in [-0.2, 0) is 4.79 Å². The van der Waals surface area contributed by atoms with E-state index in [1.165, 1.54) is 0 Å². The molecule has 0 spiro atoms. The van der Waals surface area contributed by atoms with Crippen LogP contribution in [0, 0.1) is 5.92 Å². The molecule has 9 nitrogen and oxygen atoms in total. The molecule has 5 heterocycles. The highest BCUT2D eigenvalue weighted by molar-refractivity contribution is 5.97. The molecule has 1 amide bonds. The highest BCUT2D eigenvalue weighted by Crippen LogP contribution is 2.32. The van der Waals surface area contributed by atoms with Gasteiger partial charge in [-0.25, -0.2) is 9.97 Å². The van der Waals surface area contributed by atoms with Gasteiger partial charge in [0.15, 0.2) is 11.5 Å². The third-order valence-electron chi connectivity index (χ3n) is 6.04. The van der Waals surface area contributed by atoms with E-state index < -0.39 is 0 Å². The number of nitrogens with zero attached hydrogens (tertiary/aromatic N) is 5. The van der Waals surface area contributed by atoms with Gasteiger partial charge in [0.1, 0.15) is 5.69 Å². The molecule has 0 aliphatic rings. The number of carbonyl (C=O) groups excluding carboxylic acids is 1. The number of carbonyl (C=O) groups is 1. The molecular weight excluding hydrogens is 464 g/mol. The van der Waals surface area contributed by atoms with Crippen LogP contribution in [0.15, 0.2) is 73.3 Å². The Kier molecular flexibility index (Phi) is 5.65. The van der Waals surface area contributed by atoms with Gasteiger partial charge < -0.3 is 10.3 Å². The van der Waals surface area contributed by atoms with Gasteiger partial charge in [-0.3, -0.25) is 19.9 Å². The van der Waals surface area contributed by atoms with E-state index in [9.17, 15) is 4.79 Å². The van der Waals surface area contributed by atoms with Crippen molar-refractivity contribution in [1.82, 2.24) is 35.1 Å². The van der Waals surface area contributed by atoms with Gasteiger partial charge in [-0.15, -0.1) is 0 Å². The Balaban J connectivity index is 1.38. The molecule has 5 aromatic heterocycles. The number of aromatic nitrogens is 7. The van der Waals surface area contributed by atoms with E-state index in [0.29, 0.717) is 29.3 Å². The van der Waals surface area contributed by atoms with E-state index in [4.69, 9.17) is 4.98 Å². The lowest BCUT2D eigenvalue weighted by Crippen LogP contribution is -2.13. The second-order valence-electron chi connectivity index (χ2n) is 9.30. The summed E-state index contributed by atoms with van der Waals surface area (Å²) in [4.78, 5) is 33.9. The van der Waals surface area contributed by atoms with Gasteiger partial charge in [-0.2, -0.15) is 5.10 Å². The smallest absolute Gasteiger partial charge is 0.224 e. The molecule has 3 N–H and O–H groups in total. The summed E-state index contributed by atoms with van der Waals surface area (Å²) in [5.41, 5.74) is 7.18. The average molecular weight is 489 g/mol. The number of hydrogen-bond acceptors (Lipinski definition) is 6. The van der Waals surface area contributed by atoms with Crippen LogP contribution >= 0.6 is 0 Å². The third-order valence-corrected chi connectivity index (χ3v) is 6.04. The minimum absolute atomic E-state index is 0.0328. The van der Waals surface area contributed by atoms with Crippen molar-refractivity contribution in [3.05, 3.63) is 73.3 Å². The number of imidazole rings is 1. The Morgan fingerprint density at radius 1 is 1.00 bits per heavy atom. The lowest BCUT2D eigenvalue weighted by molar-refractivity contribution is -0.116. The number of benzene rings is 1. The number of nitrogens with one attached hydrogen (secondary N) is 3. The van der Waals surface area contributed by atoms with Gasteiger partial charge >= 0.3 is 0 Å². The van der Waals surface area contributed by atoms with Crippen molar-refractivity contribution in [1.29, 1.82) is 0 Å². The van der Waals surface area contributed by atoms with E-state index in [1.54, 1.807) is 24.8 Å². The maximum Gasteiger partial charge on any atom is 0.224 e. The summed E-state index contributed by atoms with van der Waals surface area (Å²) in [6.45, 7) is 4.03. The molecule has 6 rings (SSSR count). The summed E-state index contributed by atoms with van der Waals surface area (Å²) in [7, 11) is 0. The minimum Gasteiger partial charge on any atom is -0.337 e. The SMILES string of the molecule is CC(C)CC(=O)Nc1cncc(-c2cnc3[nH]nc(-c4nc5c(-c6ccccn6)cccc5[nH]4)c3c2)c1. The molecule has 182 valence electrons. The second-order valence-corrected chi connectivity index (χ2v) is 9.30. The third kappa shape index (κ3) is 4.42. The van der Waals surface area contributed by atoms with Crippen molar-refractivity contribution in [2.24, 2.45) is 5.92 Å². The number of anilines is 1. The fraction of sp³-hybridized carbons (Fsp3) is 0.143. The normalized spacial score (nSPS) is 11.4. The van der Waals surface area contributed by atoms with E-state index >= 15 is 0 Å². The summed E-state index contributed by atoms with van der Waals surface area (Å²) >= 11 is 0. The summed E-state index contributed by atoms with van der Waals surface area (Å²) in [6.07, 6.45) is 7.38. The molecule has 0 atom stereocenters. The van der Waals surface area contributed by atoms with Crippen LogP contribution in [-0.4, -0.2) is 41.0 Å². The van der Waals surface area contributed by atoms with Gasteiger partial charge in [0.25, 0.3) is 0 Å². The molecule has 1 aromatic carbocycles. The minimum atomic E-state index is -0.0328. The number of para-hydroxylation sites is 1. The summed E-state index contributed by atoms with van der Waals surface area (Å²) in [5, 5.41) is 11.3. The predicted octanol–water partition coefficient (Wildman–Crippen LogP) is 5.61. The van der Waals surface area contributed by atoms with Crippen LogP contribution < -0.4 is 5.32 Å². The number of hydrogen-bond donors (Lipinski definition) is 3. The van der Waals surface area contributed by atoms with E-state index in [-0.39, 0.29) is 11.8 Å². The van der Waals surface area contributed by atoms with E-state index in [1.807, 2.05) is 62.4 Å². The van der Waals surface area contributed by atoms with Crippen LogP contribution in [0.5, 0.6) is 0 Å². The molecule has 0 fully saturated rings. The van der Waals surface area contributed by atoms with Crippen LogP contribution in [0.25, 0.3) is 56.0 Å². The van der Waals surface area contributed by atoms with Crippen LogP contribution in [0.2, 0.25) is 0 Å². The van der Waals surface area contributed by atoms with Crippen molar-refractivity contribution in [3.8, 4) is 33.9 Å². The number of H-pyrrole nitrogens is 2. The first-order valence-electron chi connectivity index (χ1n) is 12.0. The quantitative estimate of drug-likeness (QED) is 0.280. The zero-order chi connectivity index (χ0) is 25.4. The van der Waals surface area contributed by atoms with Crippen molar-refractivity contribution in [2.75, 3.05) is 5.32 Å². The van der Waals surface area contributed by atoms with Crippen LogP contribution in [0.3, 0.4) is 0 Å². The maximum atomic E-state index is 12.2. The zero-order valence-electron chi connectivity index (χ0n) is 20.4. The van der Waals surface area contributed by atoms with Gasteiger partial charge in [0.05, 0.1) is 34.0 Å². The Morgan fingerprint density at radius 2 is 1.89 bits per heavy atom. The number of fused-ring (bicyclic) bond motifs is 2. The lowest BCUT2D eigenvalue weighted by atomic mass is 10.1. The average Bonchev–Trinajstić information content (AvgIpc) is 3.52. The Labute approximate surface area is 212 Å². The van der Waals surface area contributed by atoms with Crippen molar-refractivity contribution in [2.45, 2.75) is 20.3 Å². The standard InChI is InChI=1S/C28H24N8O/c1-16(2)10-24(37)32-19-11-17(13-29-15-19)18-12-21-26(35-36-27(21)31-14-18)28-33-23-8-5-6-20(25(23)34-28)22-7-3-4-9-30-22/h3-9,11-16H,10H2,1-2H3,(H,32,37)(H,33,34)(H,31,35,36). The highest BCUT2D eigenvalue weighted by atomic mass is 16.1. The zero-order valence-corrected chi connectivity index (χ0v) is 20.4. The number of amides is 1. The van der Waals surface area contributed by atoms with Gasteiger partial charge in [0, 0.05) is 41.7 Å². The topological polar surface area (TPSA) is 125 Å². The molecule has 0 saturated heterocycles. The van der Waals surface area contributed by atoms with Gasteiger partial charge in [-0.05, 0) is 36.2 Å². The fourth-order valence-electron chi connectivity index (χ4n) is 4.36. The molecule has 0 radical (unpaired) electrons. The molecule has 0 saturated carbocycles. The number of aromatic amines is 2.